The van der Waals surface area contributed by atoms with Gasteiger partial charge in [-0.25, -0.2) is 4.79 Å². The van der Waals surface area contributed by atoms with Crippen LogP contribution in [0.2, 0.25) is 20.1 Å². The highest BCUT2D eigenvalue weighted by molar-refractivity contribution is 6.44. The molecule has 2 saturated carbocycles. The molecule has 0 heterocycles. The van der Waals surface area contributed by atoms with Crippen molar-refractivity contribution in [3.63, 3.8) is 0 Å². The summed E-state index contributed by atoms with van der Waals surface area (Å²) in [7, 11) is 0. The van der Waals surface area contributed by atoms with Crippen LogP contribution in [0.4, 0.5) is 5.69 Å². The highest BCUT2D eigenvalue weighted by Crippen LogP contribution is 2.71. The zero-order chi connectivity index (χ0) is 24.2. The molecule has 0 aliphatic heterocycles. The molecule has 1 amide bonds. The van der Waals surface area contributed by atoms with Gasteiger partial charge in [0, 0.05) is 16.9 Å². The minimum Gasteiger partial charge on any atom is -0.324 e. The third-order valence-corrected chi connectivity index (χ3v) is 9.12. The second-order valence-electron chi connectivity index (χ2n) is 9.31. The van der Waals surface area contributed by atoms with Crippen molar-refractivity contribution >= 4 is 69.7 Å². The van der Waals surface area contributed by atoms with Gasteiger partial charge in [0.25, 0.3) is 0 Å². The van der Waals surface area contributed by atoms with Gasteiger partial charge in [0.1, 0.15) is 0 Å². The Morgan fingerprint density at radius 1 is 1.00 bits per heavy atom. The number of nitrogens with zero attached hydrogens (tertiary/aromatic N) is 1. The summed E-state index contributed by atoms with van der Waals surface area (Å²) in [5.74, 6) is -0.838. The van der Waals surface area contributed by atoms with Crippen LogP contribution in [0.3, 0.4) is 0 Å². The van der Waals surface area contributed by atoms with Crippen molar-refractivity contribution in [2.45, 2.75) is 40.0 Å². The number of hydrogen-bond acceptors (Lipinski definition) is 4. The summed E-state index contributed by atoms with van der Waals surface area (Å²) in [5.41, 5.74) is -0.311. The molecule has 0 spiro atoms. The molecule has 33 heavy (non-hydrogen) atoms. The van der Waals surface area contributed by atoms with Gasteiger partial charge in [0.15, 0.2) is 0 Å². The molecule has 2 atom stereocenters. The van der Waals surface area contributed by atoms with E-state index >= 15 is 0 Å². The molecule has 2 aromatic carbocycles. The number of hydrogen-bond donors (Lipinski definition) is 1. The summed E-state index contributed by atoms with van der Waals surface area (Å²) in [4.78, 5) is 31.4. The van der Waals surface area contributed by atoms with E-state index in [4.69, 9.17) is 51.2 Å². The van der Waals surface area contributed by atoms with Gasteiger partial charge in [0.2, 0.25) is 5.91 Å². The molecular weight excluding hydrogens is 506 g/mol. The van der Waals surface area contributed by atoms with E-state index in [1.807, 2.05) is 0 Å². The largest absolute Gasteiger partial charge is 0.367 e. The van der Waals surface area contributed by atoms with Gasteiger partial charge < -0.3 is 10.2 Å². The fraction of sp³-hybridized carbons (Fsp3) is 0.375. The fourth-order valence-corrected chi connectivity index (χ4v) is 6.00. The molecule has 4 rings (SSSR count). The van der Waals surface area contributed by atoms with Crippen LogP contribution in [0, 0.1) is 16.2 Å². The summed E-state index contributed by atoms with van der Waals surface area (Å²) in [5, 5.41) is 8.44. The van der Waals surface area contributed by atoms with E-state index in [1.54, 1.807) is 24.3 Å². The molecular formula is C24H22Cl4N2O3. The van der Waals surface area contributed by atoms with Crippen LogP contribution < -0.4 is 5.32 Å². The first-order valence-corrected chi connectivity index (χ1v) is 11.9. The zero-order valence-corrected chi connectivity index (χ0v) is 21.3. The van der Waals surface area contributed by atoms with Crippen LogP contribution in [-0.2, 0) is 9.63 Å². The molecule has 2 aromatic rings. The van der Waals surface area contributed by atoms with Crippen molar-refractivity contribution in [2.24, 2.45) is 21.4 Å². The normalized spacial score (nSPS) is 26.5. The third-order valence-electron chi connectivity index (χ3n) is 7.76. The summed E-state index contributed by atoms with van der Waals surface area (Å²) >= 11 is 24.4. The van der Waals surface area contributed by atoms with Gasteiger partial charge in [-0.2, -0.15) is 0 Å². The van der Waals surface area contributed by atoms with E-state index in [1.165, 1.54) is 12.1 Å². The SMILES string of the molecule is CC12CCC(C(=O)Nc3cccc(Cl)c3Cl)(CC1=NOC(=O)c1ccc(Cl)cc1Cl)C2(C)C. The minimum absolute atomic E-state index is 0.155. The number of fused-ring (bicyclic) bond motifs is 2. The Hall–Kier alpha value is -1.79. The molecule has 2 aliphatic carbocycles. The first-order chi connectivity index (χ1) is 15.4. The Bertz CT molecular complexity index is 1200. The van der Waals surface area contributed by atoms with Crippen molar-refractivity contribution < 1.29 is 14.4 Å². The Kier molecular flexibility index (Phi) is 6.24. The number of benzene rings is 2. The first kappa shape index (κ1) is 24.3. The van der Waals surface area contributed by atoms with Crippen molar-refractivity contribution in [1.29, 1.82) is 0 Å². The molecule has 2 bridgehead atoms. The maximum Gasteiger partial charge on any atom is 0.367 e. The third kappa shape index (κ3) is 3.74. The lowest BCUT2D eigenvalue weighted by molar-refractivity contribution is -0.130. The Morgan fingerprint density at radius 2 is 1.73 bits per heavy atom. The number of halogens is 4. The van der Waals surface area contributed by atoms with Crippen molar-refractivity contribution in [3.05, 3.63) is 62.1 Å². The van der Waals surface area contributed by atoms with Crippen LogP contribution in [0.25, 0.3) is 0 Å². The smallest absolute Gasteiger partial charge is 0.324 e. The highest BCUT2D eigenvalue weighted by Gasteiger charge is 2.71. The molecule has 0 aromatic heterocycles. The quantitative estimate of drug-likeness (QED) is 0.327. The predicted molar refractivity (Wildman–Crippen MR) is 133 cm³/mol. The number of carbonyl (C=O) groups excluding carboxylic acids is 2. The standard InChI is InChI=1S/C24H22Cl4N2O3/c1-22(2)23(3)9-10-24(22,21(32)29-17-6-4-5-15(26)19(17)28)12-18(23)30-33-20(31)14-8-7-13(25)11-16(14)27/h4-8,11H,9-10,12H2,1-3H3,(H,29,32). The van der Waals surface area contributed by atoms with Crippen LogP contribution in [0.15, 0.2) is 41.6 Å². The van der Waals surface area contributed by atoms with Gasteiger partial charge in [-0.1, -0.05) is 78.4 Å². The van der Waals surface area contributed by atoms with Gasteiger partial charge >= 0.3 is 5.97 Å². The van der Waals surface area contributed by atoms with Gasteiger partial charge in [-0.05, 0) is 48.6 Å². The first-order valence-electron chi connectivity index (χ1n) is 10.4. The molecule has 174 valence electrons. The van der Waals surface area contributed by atoms with E-state index in [9.17, 15) is 9.59 Å². The van der Waals surface area contributed by atoms with Gasteiger partial charge in [-0.3, -0.25) is 4.79 Å². The fourth-order valence-electron chi connectivity index (χ4n) is 5.17. The molecule has 2 aliphatic rings. The summed E-state index contributed by atoms with van der Waals surface area (Å²) in [6.07, 6.45) is 1.77. The number of carbonyl (C=O) groups is 2. The monoisotopic (exact) mass is 526 g/mol. The molecule has 9 heteroatoms. The molecule has 5 nitrogen and oxygen atoms in total. The second-order valence-corrected chi connectivity index (χ2v) is 10.9. The Labute approximate surface area is 212 Å². The average Bonchev–Trinajstić information content (AvgIpc) is 3.06. The molecule has 0 saturated heterocycles. The Balaban J connectivity index is 1.61. The number of anilines is 1. The van der Waals surface area contributed by atoms with Crippen molar-refractivity contribution in [1.82, 2.24) is 0 Å². The van der Waals surface area contributed by atoms with Gasteiger partial charge in [-0.15, -0.1) is 0 Å². The summed E-state index contributed by atoms with van der Waals surface area (Å²) in [6.45, 7) is 6.17. The maximum atomic E-state index is 13.6. The van der Waals surface area contributed by atoms with E-state index in [2.05, 4.69) is 31.2 Å². The predicted octanol–water partition coefficient (Wildman–Crippen LogP) is 7.67. The number of nitrogens with one attached hydrogen (secondary N) is 1. The number of oxime groups is 1. The van der Waals surface area contributed by atoms with Crippen LogP contribution in [0.1, 0.15) is 50.4 Å². The average molecular weight is 528 g/mol. The van der Waals surface area contributed by atoms with E-state index < -0.39 is 22.2 Å². The molecule has 2 unspecified atom stereocenters. The minimum atomic E-state index is -0.740. The van der Waals surface area contributed by atoms with Crippen molar-refractivity contribution in [3.8, 4) is 0 Å². The Morgan fingerprint density at radius 3 is 2.42 bits per heavy atom. The maximum absolute atomic E-state index is 13.6. The van der Waals surface area contributed by atoms with E-state index in [0.717, 1.165) is 6.42 Å². The second kappa shape index (κ2) is 8.46. The molecule has 0 radical (unpaired) electrons. The zero-order valence-electron chi connectivity index (χ0n) is 18.3. The molecule has 1 N–H and O–H groups in total. The topological polar surface area (TPSA) is 67.8 Å². The summed E-state index contributed by atoms with van der Waals surface area (Å²) < 4.78 is 0. The lowest BCUT2D eigenvalue weighted by Gasteiger charge is -2.39. The molecule has 2 fully saturated rings. The summed E-state index contributed by atoms with van der Waals surface area (Å²) in [6, 6.07) is 9.62. The number of rotatable bonds is 4. The lowest BCUT2D eigenvalue weighted by atomic mass is 9.64. The lowest BCUT2D eigenvalue weighted by Crippen LogP contribution is -2.43. The van der Waals surface area contributed by atoms with Gasteiger partial charge in [0.05, 0.1) is 37.4 Å². The van der Waals surface area contributed by atoms with Crippen LogP contribution >= 0.6 is 46.4 Å². The number of amides is 1. The van der Waals surface area contributed by atoms with E-state index in [0.29, 0.717) is 39.3 Å². The van der Waals surface area contributed by atoms with Crippen LogP contribution in [0.5, 0.6) is 0 Å². The highest BCUT2D eigenvalue weighted by atomic mass is 35.5. The van der Waals surface area contributed by atoms with E-state index in [-0.39, 0.29) is 16.5 Å². The van der Waals surface area contributed by atoms with Crippen LogP contribution in [-0.4, -0.2) is 17.6 Å². The van der Waals surface area contributed by atoms with Crippen molar-refractivity contribution in [2.75, 3.05) is 5.32 Å².